The van der Waals surface area contributed by atoms with Crippen molar-refractivity contribution in [2.75, 3.05) is 5.32 Å². The summed E-state index contributed by atoms with van der Waals surface area (Å²) < 4.78 is 2.27. The Morgan fingerprint density at radius 1 is 1.18 bits per heavy atom. The van der Waals surface area contributed by atoms with E-state index in [2.05, 4.69) is 75.3 Å². The lowest BCUT2D eigenvalue weighted by molar-refractivity contribution is 1.17. The molecule has 90 valence electrons. The van der Waals surface area contributed by atoms with E-state index in [1.807, 2.05) is 0 Å². The molecule has 0 radical (unpaired) electrons. The van der Waals surface area contributed by atoms with Gasteiger partial charge in [-0.05, 0) is 63.4 Å². The Balaban J connectivity index is 2.07. The van der Waals surface area contributed by atoms with Crippen molar-refractivity contribution in [1.29, 1.82) is 0 Å². The summed E-state index contributed by atoms with van der Waals surface area (Å²) >= 11 is 8.76. The maximum Gasteiger partial charge on any atom is 0.0843 e. The Morgan fingerprint density at radius 3 is 2.53 bits per heavy atom. The Bertz CT molecular complexity index is 515. The van der Waals surface area contributed by atoms with Gasteiger partial charge >= 0.3 is 0 Å². The molecular weight excluding hydrogens is 362 g/mol. The van der Waals surface area contributed by atoms with Gasteiger partial charge < -0.3 is 5.32 Å². The third-order valence-electron chi connectivity index (χ3n) is 2.53. The number of anilines is 1. The molecule has 4 heteroatoms. The highest BCUT2D eigenvalue weighted by molar-refractivity contribution is 9.13. The summed E-state index contributed by atoms with van der Waals surface area (Å²) in [6.45, 7) is 5.11. The molecule has 1 nitrogen and oxygen atoms in total. The van der Waals surface area contributed by atoms with Crippen LogP contribution in [0.4, 0.5) is 5.69 Å². The number of rotatable bonds is 3. The summed E-state index contributed by atoms with van der Waals surface area (Å²) in [4.78, 5) is 1.31. The molecule has 0 amide bonds. The van der Waals surface area contributed by atoms with Gasteiger partial charge in [-0.1, -0.05) is 17.7 Å². The second-order valence-electron chi connectivity index (χ2n) is 4.01. The first-order valence-corrected chi connectivity index (χ1v) is 7.71. The molecule has 0 aliphatic rings. The molecule has 0 saturated carbocycles. The Kier molecular flexibility index (Phi) is 4.28. The van der Waals surface area contributed by atoms with Crippen LogP contribution in [0.5, 0.6) is 0 Å². The molecule has 0 unspecified atom stereocenters. The number of hydrogen-bond acceptors (Lipinski definition) is 2. The molecule has 2 aromatic rings. The largest absolute Gasteiger partial charge is 0.380 e. The van der Waals surface area contributed by atoms with E-state index < -0.39 is 0 Å². The first-order valence-electron chi connectivity index (χ1n) is 5.31. The lowest BCUT2D eigenvalue weighted by atomic mass is 10.1. The highest BCUT2D eigenvalue weighted by Gasteiger charge is 2.04. The third kappa shape index (κ3) is 3.33. The molecule has 0 aliphatic heterocycles. The van der Waals surface area contributed by atoms with E-state index in [1.54, 1.807) is 11.3 Å². The van der Waals surface area contributed by atoms with Crippen LogP contribution in [0.15, 0.2) is 32.5 Å². The maximum atomic E-state index is 3.51. The molecule has 0 atom stereocenters. The van der Waals surface area contributed by atoms with E-state index in [0.29, 0.717) is 0 Å². The van der Waals surface area contributed by atoms with Crippen LogP contribution in [0.25, 0.3) is 0 Å². The quantitative estimate of drug-likeness (QED) is 0.747. The summed E-state index contributed by atoms with van der Waals surface area (Å²) in [7, 11) is 0. The highest BCUT2D eigenvalue weighted by Crippen LogP contribution is 2.32. The molecule has 1 N–H and O–H groups in total. The van der Waals surface area contributed by atoms with Crippen LogP contribution in [0.1, 0.15) is 16.0 Å². The van der Waals surface area contributed by atoms with Crippen molar-refractivity contribution >= 4 is 48.9 Å². The molecule has 2 rings (SSSR count). The van der Waals surface area contributed by atoms with E-state index in [-0.39, 0.29) is 0 Å². The first-order chi connectivity index (χ1) is 8.06. The minimum Gasteiger partial charge on any atom is -0.380 e. The summed E-state index contributed by atoms with van der Waals surface area (Å²) in [6, 6.07) is 8.62. The van der Waals surface area contributed by atoms with Crippen LogP contribution < -0.4 is 5.32 Å². The van der Waals surface area contributed by atoms with Crippen LogP contribution in [0.3, 0.4) is 0 Å². The van der Waals surface area contributed by atoms with Gasteiger partial charge in [0, 0.05) is 21.6 Å². The molecule has 0 spiro atoms. The molecule has 1 aromatic heterocycles. The van der Waals surface area contributed by atoms with E-state index in [4.69, 9.17) is 0 Å². The van der Waals surface area contributed by atoms with E-state index in [9.17, 15) is 0 Å². The summed E-state index contributed by atoms with van der Waals surface area (Å²) in [5, 5.41) is 3.47. The molecule has 1 aromatic carbocycles. The number of hydrogen-bond donors (Lipinski definition) is 1. The van der Waals surface area contributed by atoms with Crippen molar-refractivity contribution < 1.29 is 0 Å². The second kappa shape index (κ2) is 5.55. The predicted octanol–water partition coefficient (Wildman–Crippen LogP) is 5.50. The lowest BCUT2D eigenvalue weighted by Crippen LogP contribution is -1.99. The van der Waals surface area contributed by atoms with Crippen LogP contribution in [-0.4, -0.2) is 0 Å². The van der Waals surface area contributed by atoms with E-state index >= 15 is 0 Å². The molecular formula is C13H13Br2NS. The van der Waals surface area contributed by atoms with Gasteiger partial charge in [-0.15, -0.1) is 11.3 Å². The maximum absolute atomic E-state index is 3.51. The summed E-state index contributed by atoms with van der Waals surface area (Å²) in [5.74, 6) is 0. The zero-order chi connectivity index (χ0) is 12.4. The second-order valence-corrected chi connectivity index (χ2v) is 7.32. The minimum absolute atomic E-state index is 0.860. The van der Waals surface area contributed by atoms with Crippen LogP contribution >= 0.6 is 43.2 Å². The van der Waals surface area contributed by atoms with Crippen molar-refractivity contribution in [2.24, 2.45) is 0 Å². The smallest absolute Gasteiger partial charge is 0.0843 e. The summed E-state index contributed by atoms with van der Waals surface area (Å²) in [6.07, 6.45) is 0. The topological polar surface area (TPSA) is 12.0 Å². The lowest BCUT2D eigenvalue weighted by Gasteiger charge is -2.08. The molecule has 0 aliphatic carbocycles. The summed E-state index contributed by atoms with van der Waals surface area (Å²) in [5.41, 5.74) is 3.80. The number of nitrogens with one attached hydrogen (secondary N) is 1. The van der Waals surface area contributed by atoms with Crippen molar-refractivity contribution in [3.05, 3.63) is 48.5 Å². The SMILES string of the molecule is Cc1ccc(NCc2cc(Br)c(Br)s2)c(C)c1. The fourth-order valence-electron chi connectivity index (χ4n) is 1.67. The van der Waals surface area contributed by atoms with Crippen molar-refractivity contribution in [1.82, 2.24) is 0 Å². The monoisotopic (exact) mass is 373 g/mol. The molecule has 1 heterocycles. The zero-order valence-corrected chi connectivity index (χ0v) is 13.7. The normalized spacial score (nSPS) is 10.6. The van der Waals surface area contributed by atoms with Crippen LogP contribution in [0, 0.1) is 13.8 Å². The molecule has 0 bridgehead atoms. The zero-order valence-electron chi connectivity index (χ0n) is 9.68. The first kappa shape index (κ1) is 13.1. The number of halogens is 2. The Hall–Kier alpha value is -0.320. The van der Waals surface area contributed by atoms with Crippen molar-refractivity contribution in [2.45, 2.75) is 20.4 Å². The van der Waals surface area contributed by atoms with Gasteiger partial charge in [0.1, 0.15) is 0 Å². The fraction of sp³-hybridized carbons (Fsp3) is 0.231. The van der Waals surface area contributed by atoms with Gasteiger partial charge in [0.05, 0.1) is 3.79 Å². The van der Waals surface area contributed by atoms with Crippen molar-refractivity contribution in [3.8, 4) is 0 Å². The van der Waals surface area contributed by atoms with Gasteiger partial charge in [-0.2, -0.15) is 0 Å². The predicted molar refractivity (Wildman–Crippen MR) is 83.0 cm³/mol. The molecule has 17 heavy (non-hydrogen) atoms. The van der Waals surface area contributed by atoms with Gasteiger partial charge in [0.25, 0.3) is 0 Å². The molecule has 0 saturated heterocycles. The van der Waals surface area contributed by atoms with Gasteiger partial charge in [0.15, 0.2) is 0 Å². The average molecular weight is 375 g/mol. The van der Waals surface area contributed by atoms with Crippen LogP contribution in [0.2, 0.25) is 0 Å². The highest BCUT2D eigenvalue weighted by atomic mass is 79.9. The Labute approximate surface area is 123 Å². The van der Waals surface area contributed by atoms with Gasteiger partial charge in [-0.3, -0.25) is 0 Å². The standard InChI is InChI=1S/C13H13Br2NS/c1-8-3-4-12(9(2)5-8)16-7-10-6-11(14)13(15)17-10/h3-6,16H,7H2,1-2H3. The number of aryl methyl sites for hydroxylation is 2. The average Bonchev–Trinajstić information content (AvgIpc) is 2.57. The van der Waals surface area contributed by atoms with E-state index in [0.717, 1.165) is 14.8 Å². The van der Waals surface area contributed by atoms with E-state index in [1.165, 1.54) is 21.7 Å². The third-order valence-corrected chi connectivity index (χ3v) is 5.79. The van der Waals surface area contributed by atoms with Crippen LogP contribution in [-0.2, 0) is 6.54 Å². The van der Waals surface area contributed by atoms with Gasteiger partial charge in [-0.25, -0.2) is 0 Å². The van der Waals surface area contributed by atoms with Crippen molar-refractivity contribution in [3.63, 3.8) is 0 Å². The number of thiophene rings is 1. The van der Waals surface area contributed by atoms with Gasteiger partial charge in [0.2, 0.25) is 0 Å². The minimum atomic E-state index is 0.860. The Morgan fingerprint density at radius 2 is 1.94 bits per heavy atom. The number of benzene rings is 1. The fourth-order valence-corrected chi connectivity index (χ4v) is 3.79. The molecule has 0 fully saturated rings.